The van der Waals surface area contributed by atoms with Gasteiger partial charge in [-0.3, -0.25) is 15.0 Å². The van der Waals surface area contributed by atoms with E-state index >= 15 is 0 Å². The molecule has 0 radical (unpaired) electrons. The number of aryl methyl sites for hydroxylation is 4. The Morgan fingerprint density at radius 2 is 1.13 bits per heavy atom. The number of rotatable bonds is 0. The van der Waals surface area contributed by atoms with Crippen LogP contribution in [-0.4, -0.2) is 15.0 Å². The summed E-state index contributed by atoms with van der Waals surface area (Å²) in [7, 11) is 0. The second kappa shape index (κ2) is 10.1. The van der Waals surface area contributed by atoms with Gasteiger partial charge in [0.05, 0.1) is 5.69 Å². The summed E-state index contributed by atoms with van der Waals surface area (Å²) in [6.07, 6.45) is 10.6. The third-order valence-corrected chi connectivity index (χ3v) is 3.23. The zero-order valence-corrected chi connectivity index (χ0v) is 14.2. The van der Waals surface area contributed by atoms with Crippen molar-refractivity contribution in [3.05, 3.63) is 83.7 Å². The van der Waals surface area contributed by atoms with Gasteiger partial charge in [0.25, 0.3) is 0 Å². The number of anilines is 1. The summed E-state index contributed by atoms with van der Waals surface area (Å²) in [5.41, 5.74) is 11.1. The molecule has 0 spiro atoms. The molecular weight excluding hydrogens is 284 g/mol. The highest BCUT2D eigenvalue weighted by atomic mass is 14.7. The van der Waals surface area contributed by atoms with Gasteiger partial charge in [-0.05, 0) is 74.2 Å². The van der Waals surface area contributed by atoms with E-state index < -0.39 is 0 Å². The van der Waals surface area contributed by atoms with Gasteiger partial charge < -0.3 is 5.73 Å². The normalized spacial score (nSPS) is 9.04. The number of nitrogen functional groups attached to an aromatic ring is 1. The zero-order valence-electron chi connectivity index (χ0n) is 14.2. The number of nitrogens with zero attached hydrogens (tertiary/aromatic N) is 3. The number of aromatic nitrogens is 3. The molecule has 0 aliphatic carbocycles. The van der Waals surface area contributed by atoms with E-state index in [-0.39, 0.29) is 0 Å². The number of hydrogen-bond acceptors (Lipinski definition) is 4. The first-order valence-electron chi connectivity index (χ1n) is 7.40. The smallest absolute Gasteiger partial charge is 0.0530 e. The molecule has 0 fully saturated rings. The van der Waals surface area contributed by atoms with Crippen LogP contribution in [0, 0.1) is 27.7 Å². The van der Waals surface area contributed by atoms with Crippen LogP contribution in [0.25, 0.3) is 0 Å². The summed E-state index contributed by atoms with van der Waals surface area (Å²) in [5.74, 6) is 0. The minimum atomic E-state index is 0.757. The summed E-state index contributed by atoms with van der Waals surface area (Å²) in [5, 5.41) is 0. The van der Waals surface area contributed by atoms with E-state index in [2.05, 4.69) is 28.8 Å². The van der Waals surface area contributed by atoms with Gasteiger partial charge in [-0.15, -0.1) is 0 Å². The predicted octanol–water partition coefficient (Wildman–Crippen LogP) is 4.06. The maximum absolute atomic E-state index is 5.46. The van der Waals surface area contributed by atoms with Crippen LogP contribution >= 0.6 is 0 Å². The van der Waals surface area contributed by atoms with E-state index in [9.17, 15) is 0 Å². The topological polar surface area (TPSA) is 64.7 Å². The molecule has 3 heterocycles. The van der Waals surface area contributed by atoms with Crippen molar-refractivity contribution < 1.29 is 0 Å². The molecule has 4 nitrogen and oxygen atoms in total. The SMILES string of the molecule is Cc1ccncc1.Cc1ccncc1C.Cc1ccncc1N. The Balaban J connectivity index is 0.000000173. The third kappa shape index (κ3) is 7.71. The Kier molecular flexibility index (Phi) is 8.00. The van der Waals surface area contributed by atoms with Gasteiger partial charge in [0, 0.05) is 37.2 Å². The van der Waals surface area contributed by atoms with Crippen LogP contribution < -0.4 is 5.73 Å². The lowest BCUT2D eigenvalue weighted by atomic mass is 10.2. The second-order valence-electron chi connectivity index (χ2n) is 5.22. The fraction of sp³-hybridized carbons (Fsp3) is 0.211. The molecule has 0 bridgehead atoms. The molecule has 0 aromatic carbocycles. The second-order valence-corrected chi connectivity index (χ2v) is 5.22. The molecule has 0 amide bonds. The lowest BCUT2D eigenvalue weighted by Gasteiger charge is -1.92. The molecule has 0 atom stereocenters. The van der Waals surface area contributed by atoms with E-state index in [1.807, 2.05) is 50.5 Å². The first-order valence-corrected chi connectivity index (χ1v) is 7.40. The van der Waals surface area contributed by atoms with Gasteiger partial charge >= 0.3 is 0 Å². The van der Waals surface area contributed by atoms with Crippen LogP contribution in [0.2, 0.25) is 0 Å². The van der Waals surface area contributed by atoms with Crippen molar-refractivity contribution in [2.24, 2.45) is 0 Å². The van der Waals surface area contributed by atoms with Crippen molar-refractivity contribution in [2.75, 3.05) is 5.73 Å². The molecule has 3 aromatic rings. The van der Waals surface area contributed by atoms with Gasteiger partial charge in [-0.2, -0.15) is 0 Å². The van der Waals surface area contributed by atoms with Crippen molar-refractivity contribution >= 4 is 5.69 Å². The first kappa shape index (κ1) is 18.3. The van der Waals surface area contributed by atoms with Crippen LogP contribution in [0.1, 0.15) is 22.3 Å². The maximum atomic E-state index is 5.46. The van der Waals surface area contributed by atoms with Gasteiger partial charge in [-0.1, -0.05) is 0 Å². The van der Waals surface area contributed by atoms with Gasteiger partial charge in [0.2, 0.25) is 0 Å². The lowest BCUT2D eigenvalue weighted by molar-refractivity contribution is 1.22. The number of nitrogens with two attached hydrogens (primary N) is 1. The highest BCUT2D eigenvalue weighted by molar-refractivity contribution is 5.42. The van der Waals surface area contributed by atoms with E-state index in [1.54, 1.807) is 24.8 Å². The van der Waals surface area contributed by atoms with Gasteiger partial charge in [-0.25, -0.2) is 0 Å². The Hall–Kier alpha value is -2.75. The summed E-state index contributed by atoms with van der Waals surface area (Å²) in [6, 6.07) is 7.84. The summed E-state index contributed by atoms with van der Waals surface area (Å²) >= 11 is 0. The molecule has 120 valence electrons. The molecule has 0 aliphatic heterocycles. The van der Waals surface area contributed by atoms with E-state index in [0.29, 0.717) is 0 Å². The van der Waals surface area contributed by atoms with Gasteiger partial charge in [0.15, 0.2) is 0 Å². The Labute approximate surface area is 138 Å². The molecule has 0 unspecified atom stereocenters. The fourth-order valence-electron chi connectivity index (χ4n) is 1.45. The summed E-state index contributed by atoms with van der Waals surface area (Å²) < 4.78 is 0. The third-order valence-electron chi connectivity index (χ3n) is 3.23. The van der Waals surface area contributed by atoms with E-state index in [1.165, 1.54) is 16.7 Å². The highest BCUT2D eigenvalue weighted by Crippen LogP contribution is 2.04. The van der Waals surface area contributed by atoms with E-state index in [4.69, 9.17) is 5.73 Å². The zero-order chi connectivity index (χ0) is 17.1. The Morgan fingerprint density at radius 3 is 1.43 bits per heavy atom. The van der Waals surface area contributed by atoms with Crippen LogP contribution in [-0.2, 0) is 0 Å². The number of pyridine rings is 3. The highest BCUT2D eigenvalue weighted by Gasteiger charge is 1.86. The van der Waals surface area contributed by atoms with Crippen molar-refractivity contribution in [3.63, 3.8) is 0 Å². The molecule has 0 saturated carbocycles. The molecule has 0 saturated heterocycles. The Bertz CT molecular complexity index is 611. The average molecular weight is 308 g/mol. The molecule has 23 heavy (non-hydrogen) atoms. The van der Waals surface area contributed by atoms with Crippen molar-refractivity contribution in [3.8, 4) is 0 Å². The molecular formula is C19H24N4. The van der Waals surface area contributed by atoms with Crippen LogP contribution in [0.5, 0.6) is 0 Å². The Morgan fingerprint density at radius 1 is 0.609 bits per heavy atom. The molecule has 2 N–H and O–H groups in total. The first-order chi connectivity index (χ1) is 11.0. The predicted molar refractivity (Wildman–Crippen MR) is 96.1 cm³/mol. The quantitative estimate of drug-likeness (QED) is 0.680. The maximum Gasteiger partial charge on any atom is 0.0530 e. The monoisotopic (exact) mass is 308 g/mol. The van der Waals surface area contributed by atoms with Crippen molar-refractivity contribution in [1.82, 2.24) is 15.0 Å². The molecule has 3 aromatic heterocycles. The standard InChI is InChI=1S/C7H9N.C6H8N2.C6H7N/c1-6-3-4-8-5-7(6)2;1-5-2-3-8-4-6(5)7;1-6-2-4-7-5-3-6/h3-5H,1-2H3;2-4H,7H2,1H3;2-5H,1H3. The van der Waals surface area contributed by atoms with Crippen molar-refractivity contribution in [2.45, 2.75) is 27.7 Å². The average Bonchev–Trinajstić information content (AvgIpc) is 2.55. The molecule has 3 rings (SSSR count). The fourth-order valence-corrected chi connectivity index (χ4v) is 1.45. The van der Waals surface area contributed by atoms with Gasteiger partial charge in [0.1, 0.15) is 0 Å². The van der Waals surface area contributed by atoms with Crippen LogP contribution in [0.15, 0.2) is 61.4 Å². The lowest BCUT2D eigenvalue weighted by Crippen LogP contribution is -1.88. The number of hydrogen-bond donors (Lipinski definition) is 1. The van der Waals surface area contributed by atoms with Crippen molar-refractivity contribution in [1.29, 1.82) is 0 Å². The van der Waals surface area contributed by atoms with E-state index in [0.717, 1.165) is 11.3 Å². The van der Waals surface area contributed by atoms with Crippen LogP contribution in [0.3, 0.4) is 0 Å². The minimum absolute atomic E-state index is 0.757. The summed E-state index contributed by atoms with van der Waals surface area (Å²) in [6.45, 7) is 8.14. The summed E-state index contributed by atoms with van der Waals surface area (Å²) in [4.78, 5) is 11.6. The van der Waals surface area contributed by atoms with Crippen LogP contribution in [0.4, 0.5) is 5.69 Å². The largest absolute Gasteiger partial charge is 0.397 e. The molecule has 0 aliphatic rings. The molecule has 4 heteroatoms. The minimum Gasteiger partial charge on any atom is -0.397 e.